The van der Waals surface area contributed by atoms with Gasteiger partial charge in [-0.2, -0.15) is 18.3 Å². The number of amides is 1. The SMILES string of the molecule is CON=CC(=O)Nc1ccnn1-c1c(Cl)cc(C(F)(F)F)cc1Cl. The molecule has 11 heteroatoms. The molecule has 0 fully saturated rings. The first kappa shape index (κ1) is 18.1. The first-order chi connectivity index (χ1) is 11.2. The molecule has 0 aliphatic rings. The second-order valence-electron chi connectivity index (χ2n) is 4.32. The van der Waals surface area contributed by atoms with Crippen LogP contribution in [-0.4, -0.2) is 29.0 Å². The van der Waals surface area contributed by atoms with Crippen molar-refractivity contribution in [3.05, 3.63) is 40.0 Å². The Morgan fingerprint density at radius 2 is 2.00 bits per heavy atom. The second kappa shape index (κ2) is 7.10. The van der Waals surface area contributed by atoms with E-state index in [4.69, 9.17) is 23.2 Å². The molecule has 24 heavy (non-hydrogen) atoms. The fraction of sp³-hybridized carbons (Fsp3) is 0.154. The largest absolute Gasteiger partial charge is 0.416 e. The van der Waals surface area contributed by atoms with Gasteiger partial charge in [-0.1, -0.05) is 28.4 Å². The summed E-state index contributed by atoms with van der Waals surface area (Å²) in [4.78, 5) is 16.0. The summed E-state index contributed by atoms with van der Waals surface area (Å²) < 4.78 is 39.4. The van der Waals surface area contributed by atoms with Gasteiger partial charge >= 0.3 is 6.18 Å². The van der Waals surface area contributed by atoms with E-state index in [9.17, 15) is 18.0 Å². The predicted molar refractivity (Wildman–Crippen MR) is 82.7 cm³/mol. The third kappa shape index (κ3) is 3.98. The third-order valence-electron chi connectivity index (χ3n) is 2.73. The molecule has 0 atom stereocenters. The number of oxime groups is 1. The lowest BCUT2D eigenvalue weighted by atomic mass is 10.2. The zero-order valence-corrected chi connectivity index (χ0v) is 13.4. The van der Waals surface area contributed by atoms with Crippen molar-refractivity contribution in [2.75, 3.05) is 12.4 Å². The number of carbonyl (C=O) groups is 1. The van der Waals surface area contributed by atoms with E-state index in [-0.39, 0.29) is 21.6 Å². The van der Waals surface area contributed by atoms with Gasteiger partial charge in [-0.3, -0.25) is 4.79 Å². The van der Waals surface area contributed by atoms with Gasteiger partial charge in [-0.05, 0) is 12.1 Å². The van der Waals surface area contributed by atoms with Gasteiger partial charge in [0.05, 0.1) is 21.8 Å². The number of rotatable bonds is 4. The van der Waals surface area contributed by atoms with Gasteiger partial charge in [0.15, 0.2) is 0 Å². The molecule has 1 aromatic heterocycles. The number of halogens is 5. The van der Waals surface area contributed by atoms with E-state index < -0.39 is 17.6 Å². The van der Waals surface area contributed by atoms with E-state index in [0.29, 0.717) is 0 Å². The van der Waals surface area contributed by atoms with Crippen molar-refractivity contribution in [2.24, 2.45) is 5.16 Å². The standard InChI is InChI=1S/C13H9Cl2F3N4O2/c1-24-20-6-11(23)21-10-2-3-19-22(10)12-8(14)4-7(5-9(12)15)13(16,17)18/h2-6H,1H3,(H,21,23). The Balaban J connectivity index is 2.42. The summed E-state index contributed by atoms with van der Waals surface area (Å²) in [6, 6.07) is 2.85. The number of carbonyl (C=O) groups excluding carboxylic acids is 1. The molecule has 0 saturated heterocycles. The molecule has 2 aromatic rings. The Labute approximate surface area is 143 Å². The predicted octanol–water partition coefficient (Wildman–Crippen LogP) is 3.77. The zero-order chi connectivity index (χ0) is 17.9. The molecule has 0 spiro atoms. The van der Waals surface area contributed by atoms with Gasteiger partial charge in [0, 0.05) is 6.07 Å². The average Bonchev–Trinajstić information content (AvgIpc) is 2.91. The molecule has 1 amide bonds. The van der Waals surface area contributed by atoms with Gasteiger partial charge in [0.25, 0.3) is 5.91 Å². The Bertz CT molecular complexity index is 767. The molecule has 2 rings (SSSR count). The first-order valence-corrected chi connectivity index (χ1v) is 6.97. The van der Waals surface area contributed by atoms with Gasteiger partial charge in [-0.25, -0.2) is 4.68 Å². The van der Waals surface area contributed by atoms with E-state index in [2.05, 4.69) is 20.4 Å². The van der Waals surface area contributed by atoms with Crippen LogP contribution in [-0.2, 0) is 15.8 Å². The molecule has 0 bridgehead atoms. The normalized spacial score (nSPS) is 11.8. The van der Waals surface area contributed by atoms with Crippen molar-refractivity contribution in [3.8, 4) is 5.69 Å². The molecule has 0 radical (unpaired) electrons. The monoisotopic (exact) mass is 380 g/mol. The molecule has 1 aromatic carbocycles. The molecular formula is C13H9Cl2F3N4O2. The molecule has 1 N–H and O–H groups in total. The number of benzene rings is 1. The summed E-state index contributed by atoms with van der Waals surface area (Å²) in [7, 11) is 1.26. The van der Waals surface area contributed by atoms with Crippen molar-refractivity contribution in [3.63, 3.8) is 0 Å². The lowest BCUT2D eigenvalue weighted by molar-refractivity contribution is -0.137. The van der Waals surface area contributed by atoms with Crippen molar-refractivity contribution >= 4 is 41.1 Å². The maximum Gasteiger partial charge on any atom is 0.416 e. The molecule has 128 valence electrons. The van der Waals surface area contributed by atoms with E-state index in [1.807, 2.05) is 0 Å². The molecule has 0 aliphatic carbocycles. The lowest BCUT2D eigenvalue weighted by Gasteiger charge is -2.14. The Hall–Kier alpha value is -2.26. The molecule has 0 unspecified atom stereocenters. The van der Waals surface area contributed by atoms with Gasteiger partial charge in [0.2, 0.25) is 0 Å². The zero-order valence-electron chi connectivity index (χ0n) is 11.9. The fourth-order valence-electron chi connectivity index (χ4n) is 1.77. The Morgan fingerprint density at radius 3 is 2.54 bits per heavy atom. The van der Waals surface area contributed by atoms with Crippen LogP contribution in [0.5, 0.6) is 0 Å². The third-order valence-corrected chi connectivity index (χ3v) is 3.30. The van der Waals surface area contributed by atoms with Crippen molar-refractivity contribution in [1.82, 2.24) is 9.78 Å². The van der Waals surface area contributed by atoms with Gasteiger partial charge in [0.1, 0.15) is 24.8 Å². The number of nitrogens with one attached hydrogen (secondary N) is 1. The smallest absolute Gasteiger partial charge is 0.399 e. The average molecular weight is 381 g/mol. The van der Waals surface area contributed by atoms with E-state index in [1.165, 1.54) is 19.4 Å². The second-order valence-corrected chi connectivity index (χ2v) is 5.14. The number of nitrogens with zero attached hydrogens (tertiary/aromatic N) is 3. The number of hydrogen-bond donors (Lipinski definition) is 1. The number of hydrogen-bond acceptors (Lipinski definition) is 4. The van der Waals surface area contributed by atoms with Crippen LogP contribution >= 0.6 is 23.2 Å². The molecule has 0 saturated carbocycles. The summed E-state index contributed by atoms with van der Waals surface area (Å²) in [6.07, 6.45) is -2.41. The quantitative estimate of drug-likeness (QED) is 0.648. The summed E-state index contributed by atoms with van der Waals surface area (Å²) in [5.74, 6) is -0.510. The highest BCUT2D eigenvalue weighted by Gasteiger charge is 2.32. The van der Waals surface area contributed by atoms with Crippen molar-refractivity contribution < 1.29 is 22.8 Å². The topological polar surface area (TPSA) is 68.5 Å². The molecule has 6 nitrogen and oxygen atoms in total. The minimum Gasteiger partial charge on any atom is -0.399 e. The maximum absolute atomic E-state index is 12.8. The molecular weight excluding hydrogens is 372 g/mol. The maximum atomic E-state index is 12.8. The van der Waals surface area contributed by atoms with Gasteiger partial charge in [-0.15, -0.1) is 0 Å². The summed E-state index contributed by atoms with van der Waals surface area (Å²) >= 11 is 11.8. The minimum atomic E-state index is -4.59. The van der Waals surface area contributed by atoms with Crippen LogP contribution in [0.3, 0.4) is 0 Å². The summed E-state index contributed by atoms with van der Waals surface area (Å²) in [5.41, 5.74) is -0.999. The van der Waals surface area contributed by atoms with Crippen LogP contribution in [0.1, 0.15) is 5.56 Å². The highest BCUT2D eigenvalue weighted by Crippen LogP contribution is 2.38. The van der Waals surface area contributed by atoms with Crippen LogP contribution in [0, 0.1) is 0 Å². The number of aromatic nitrogens is 2. The van der Waals surface area contributed by atoms with E-state index >= 15 is 0 Å². The lowest BCUT2D eigenvalue weighted by Crippen LogP contribution is -2.16. The Morgan fingerprint density at radius 1 is 1.38 bits per heavy atom. The van der Waals surface area contributed by atoms with Crippen LogP contribution in [0.2, 0.25) is 10.0 Å². The van der Waals surface area contributed by atoms with Crippen LogP contribution in [0.15, 0.2) is 29.6 Å². The minimum absolute atomic E-state index is 0.00434. The van der Waals surface area contributed by atoms with Crippen LogP contribution < -0.4 is 5.32 Å². The van der Waals surface area contributed by atoms with Crippen molar-refractivity contribution in [1.29, 1.82) is 0 Å². The van der Waals surface area contributed by atoms with Crippen LogP contribution in [0.25, 0.3) is 5.69 Å². The fourth-order valence-corrected chi connectivity index (χ4v) is 2.41. The highest BCUT2D eigenvalue weighted by atomic mass is 35.5. The van der Waals surface area contributed by atoms with Gasteiger partial charge < -0.3 is 10.2 Å². The molecule has 0 aliphatic heterocycles. The van der Waals surface area contributed by atoms with Crippen LogP contribution in [0.4, 0.5) is 19.0 Å². The number of anilines is 1. The first-order valence-electron chi connectivity index (χ1n) is 6.22. The van der Waals surface area contributed by atoms with E-state index in [0.717, 1.165) is 23.0 Å². The van der Waals surface area contributed by atoms with Crippen molar-refractivity contribution in [2.45, 2.75) is 6.18 Å². The van der Waals surface area contributed by atoms with E-state index in [1.54, 1.807) is 0 Å². The number of alkyl halides is 3. The summed E-state index contributed by atoms with van der Waals surface area (Å²) in [5, 5.41) is 9.05. The molecule has 1 heterocycles. The summed E-state index contributed by atoms with van der Waals surface area (Å²) in [6.45, 7) is 0. The highest BCUT2D eigenvalue weighted by molar-refractivity contribution is 6.38. The Kier molecular flexibility index (Phi) is 5.35.